The van der Waals surface area contributed by atoms with Crippen molar-refractivity contribution < 1.29 is 17.6 Å². The van der Waals surface area contributed by atoms with E-state index in [1.54, 1.807) is 23.1 Å². The van der Waals surface area contributed by atoms with Crippen LogP contribution in [0.2, 0.25) is 0 Å². The molecule has 0 aromatic heterocycles. The molecule has 0 unspecified atom stereocenters. The summed E-state index contributed by atoms with van der Waals surface area (Å²) in [5, 5.41) is 0. The number of amides is 1. The summed E-state index contributed by atoms with van der Waals surface area (Å²) >= 11 is 0. The Morgan fingerprint density at radius 3 is 2.52 bits per heavy atom. The fourth-order valence-electron chi connectivity index (χ4n) is 2.55. The van der Waals surface area contributed by atoms with E-state index in [0.717, 1.165) is 17.2 Å². The third-order valence-electron chi connectivity index (χ3n) is 3.75. The first-order valence-corrected chi connectivity index (χ1v) is 8.50. The molecule has 3 rings (SSSR count). The van der Waals surface area contributed by atoms with Crippen LogP contribution in [0.1, 0.15) is 18.1 Å². The maximum absolute atomic E-state index is 13.7. The molecule has 23 heavy (non-hydrogen) atoms. The highest BCUT2D eigenvalue weighted by molar-refractivity contribution is 7.92. The van der Waals surface area contributed by atoms with Crippen LogP contribution in [-0.2, 0) is 27.9 Å². The molecule has 5 nitrogen and oxygen atoms in total. The number of nitrogens with one attached hydrogen (secondary N) is 1. The summed E-state index contributed by atoms with van der Waals surface area (Å²) in [7, 11) is -4.00. The Balaban J connectivity index is 1.87. The molecule has 0 aliphatic carbocycles. The summed E-state index contributed by atoms with van der Waals surface area (Å²) in [4.78, 5) is 12.7. The van der Waals surface area contributed by atoms with Gasteiger partial charge in [0.15, 0.2) is 0 Å². The van der Waals surface area contributed by atoms with Crippen LogP contribution in [0.3, 0.4) is 0 Å². The van der Waals surface area contributed by atoms with Crippen LogP contribution in [0, 0.1) is 5.82 Å². The highest BCUT2D eigenvalue weighted by Crippen LogP contribution is 2.27. The van der Waals surface area contributed by atoms with Crippen LogP contribution in [0.5, 0.6) is 0 Å². The van der Waals surface area contributed by atoms with Crippen molar-refractivity contribution >= 4 is 21.6 Å². The zero-order valence-corrected chi connectivity index (χ0v) is 13.2. The molecule has 0 fully saturated rings. The van der Waals surface area contributed by atoms with Crippen molar-refractivity contribution in [3.8, 4) is 0 Å². The van der Waals surface area contributed by atoms with Crippen molar-refractivity contribution in [3.05, 3.63) is 59.4 Å². The smallest absolute Gasteiger partial charge is 0.264 e. The van der Waals surface area contributed by atoms with Gasteiger partial charge in [-0.05, 0) is 35.4 Å². The fraction of sp³-hybridized carbons (Fsp3) is 0.188. The number of hydrogen-bond acceptors (Lipinski definition) is 3. The standard InChI is InChI=1S/C16H15FN2O3S/c1-11(20)19-9-12-6-7-14(8-13(12)10-19)18-23(21,22)16-5-3-2-4-15(16)17/h2-8,18H,9-10H2,1H3. The molecular formula is C16H15FN2O3S. The van der Waals surface area contributed by atoms with Crippen molar-refractivity contribution in [2.24, 2.45) is 0 Å². The minimum atomic E-state index is -4.00. The van der Waals surface area contributed by atoms with Gasteiger partial charge in [0.25, 0.3) is 10.0 Å². The van der Waals surface area contributed by atoms with Gasteiger partial charge in [-0.2, -0.15) is 0 Å². The average molecular weight is 334 g/mol. The molecule has 1 N–H and O–H groups in total. The zero-order valence-electron chi connectivity index (χ0n) is 12.4. The molecule has 1 amide bonds. The Morgan fingerprint density at radius 1 is 1.13 bits per heavy atom. The number of hydrogen-bond donors (Lipinski definition) is 1. The first-order valence-electron chi connectivity index (χ1n) is 7.01. The van der Waals surface area contributed by atoms with Crippen LogP contribution in [0.15, 0.2) is 47.4 Å². The third kappa shape index (κ3) is 3.05. The van der Waals surface area contributed by atoms with Crippen LogP contribution in [0.25, 0.3) is 0 Å². The number of halogens is 1. The molecular weight excluding hydrogens is 319 g/mol. The summed E-state index contributed by atoms with van der Waals surface area (Å²) in [6, 6.07) is 10.3. The number of carbonyl (C=O) groups excluding carboxylic acids is 1. The second-order valence-corrected chi connectivity index (χ2v) is 7.05. The Labute approximate surface area is 133 Å². The van der Waals surface area contributed by atoms with Gasteiger partial charge < -0.3 is 4.90 Å². The van der Waals surface area contributed by atoms with E-state index in [-0.39, 0.29) is 5.91 Å². The minimum Gasteiger partial charge on any atom is -0.334 e. The third-order valence-corrected chi connectivity index (χ3v) is 5.17. The molecule has 2 aromatic carbocycles. The SMILES string of the molecule is CC(=O)N1Cc2ccc(NS(=O)(=O)c3ccccc3F)cc2C1. The molecule has 0 saturated carbocycles. The molecule has 0 spiro atoms. The van der Waals surface area contributed by atoms with Crippen molar-refractivity contribution in [1.82, 2.24) is 4.90 Å². The molecule has 1 aliphatic rings. The summed E-state index contributed by atoms with van der Waals surface area (Å²) in [5.74, 6) is -0.835. The van der Waals surface area contributed by atoms with Crippen LogP contribution in [-0.4, -0.2) is 19.2 Å². The molecule has 0 atom stereocenters. The lowest BCUT2D eigenvalue weighted by molar-refractivity contribution is -0.129. The highest BCUT2D eigenvalue weighted by Gasteiger charge is 2.23. The molecule has 1 aliphatic heterocycles. The van der Waals surface area contributed by atoms with Gasteiger partial charge in [-0.1, -0.05) is 18.2 Å². The number of sulfonamides is 1. The first kappa shape index (κ1) is 15.5. The summed E-state index contributed by atoms with van der Waals surface area (Å²) < 4.78 is 40.6. The fourth-order valence-corrected chi connectivity index (χ4v) is 3.68. The summed E-state index contributed by atoms with van der Waals surface area (Å²) in [6.45, 7) is 2.46. The van der Waals surface area contributed by atoms with E-state index in [1.807, 2.05) is 0 Å². The van der Waals surface area contributed by atoms with Crippen molar-refractivity contribution in [2.75, 3.05) is 4.72 Å². The lowest BCUT2D eigenvalue weighted by Gasteiger charge is -2.11. The van der Waals surface area contributed by atoms with Crippen molar-refractivity contribution in [3.63, 3.8) is 0 Å². The van der Waals surface area contributed by atoms with Crippen LogP contribution < -0.4 is 4.72 Å². The van der Waals surface area contributed by atoms with Gasteiger partial charge in [0.05, 0.1) is 0 Å². The molecule has 0 radical (unpaired) electrons. The van der Waals surface area contributed by atoms with Gasteiger partial charge in [-0.25, -0.2) is 12.8 Å². The van der Waals surface area contributed by atoms with Crippen LogP contribution in [0.4, 0.5) is 10.1 Å². The predicted molar refractivity (Wildman–Crippen MR) is 83.6 cm³/mol. The van der Waals surface area contributed by atoms with Gasteiger partial charge in [0, 0.05) is 25.7 Å². The van der Waals surface area contributed by atoms with E-state index in [0.29, 0.717) is 18.8 Å². The predicted octanol–water partition coefficient (Wildman–Crippen LogP) is 2.49. The number of nitrogens with zero attached hydrogens (tertiary/aromatic N) is 1. The minimum absolute atomic E-state index is 0.0327. The Morgan fingerprint density at radius 2 is 1.83 bits per heavy atom. The number of fused-ring (bicyclic) bond motifs is 1. The lowest BCUT2D eigenvalue weighted by atomic mass is 10.1. The van der Waals surface area contributed by atoms with Gasteiger partial charge >= 0.3 is 0 Å². The quantitative estimate of drug-likeness (QED) is 0.938. The monoisotopic (exact) mass is 334 g/mol. The van der Waals surface area contributed by atoms with Gasteiger partial charge in [-0.15, -0.1) is 0 Å². The van der Waals surface area contributed by atoms with Crippen molar-refractivity contribution in [1.29, 1.82) is 0 Å². The number of rotatable bonds is 3. The van der Waals surface area contributed by atoms with Crippen LogP contribution >= 0.6 is 0 Å². The number of anilines is 1. The summed E-state index contributed by atoms with van der Waals surface area (Å²) in [6.07, 6.45) is 0. The second kappa shape index (κ2) is 5.66. The largest absolute Gasteiger partial charge is 0.334 e. The van der Waals surface area contributed by atoms with E-state index >= 15 is 0 Å². The number of benzene rings is 2. The average Bonchev–Trinajstić information content (AvgIpc) is 2.90. The molecule has 2 aromatic rings. The van der Waals surface area contributed by atoms with E-state index in [1.165, 1.54) is 25.1 Å². The lowest BCUT2D eigenvalue weighted by Crippen LogP contribution is -2.21. The molecule has 120 valence electrons. The summed E-state index contributed by atoms with van der Waals surface area (Å²) in [5.41, 5.74) is 2.21. The maximum Gasteiger partial charge on any atom is 0.264 e. The van der Waals surface area contributed by atoms with E-state index in [2.05, 4.69) is 4.72 Å². The highest BCUT2D eigenvalue weighted by atomic mass is 32.2. The second-order valence-electron chi connectivity index (χ2n) is 5.39. The Hall–Kier alpha value is -2.41. The maximum atomic E-state index is 13.7. The van der Waals surface area contributed by atoms with Gasteiger partial charge in [-0.3, -0.25) is 9.52 Å². The zero-order chi connectivity index (χ0) is 16.6. The van der Waals surface area contributed by atoms with E-state index < -0.39 is 20.7 Å². The van der Waals surface area contributed by atoms with Crippen molar-refractivity contribution in [2.45, 2.75) is 24.9 Å². The molecule has 1 heterocycles. The van der Waals surface area contributed by atoms with Gasteiger partial charge in [0.2, 0.25) is 5.91 Å². The topological polar surface area (TPSA) is 66.5 Å². The number of carbonyl (C=O) groups is 1. The van der Waals surface area contributed by atoms with Gasteiger partial charge in [0.1, 0.15) is 10.7 Å². The Bertz CT molecular complexity index is 881. The van der Waals surface area contributed by atoms with E-state index in [9.17, 15) is 17.6 Å². The first-order chi connectivity index (χ1) is 10.9. The molecule has 0 bridgehead atoms. The molecule has 7 heteroatoms. The van der Waals surface area contributed by atoms with E-state index in [4.69, 9.17) is 0 Å². The Kier molecular flexibility index (Phi) is 3.81. The molecule has 0 saturated heterocycles. The normalized spacial score (nSPS) is 13.7.